The Labute approximate surface area is 143 Å². The predicted octanol–water partition coefficient (Wildman–Crippen LogP) is 3.05. The first-order chi connectivity index (χ1) is 11.7. The van der Waals surface area contributed by atoms with Crippen LogP contribution in [0.2, 0.25) is 5.02 Å². The first kappa shape index (κ1) is 16.1. The van der Waals surface area contributed by atoms with Gasteiger partial charge in [0.2, 0.25) is 0 Å². The Morgan fingerprint density at radius 1 is 1.12 bits per heavy atom. The minimum atomic E-state index is 0.414. The van der Waals surface area contributed by atoms with E-state index >= 15 is 0 Å². The van der Waals surface area contributed by atoms with Crippen molar-refractivity contribution < 1.29 is 9.47 Å². The molecule has 0 saturated heterocycles. The molecule has 24 heavy (non-hydrogen) atoms. The maximum Gasteiger partial charge on any atom is 0.263 e. The molecule has 3 rings (SSSR count). The van der Waals surface area contributed by atoms with Gasteiger partial charge in [-0.3, -0.25) is 0 Å². The van der Waals surface area contributed by atoms with Gasteiger partial charge in [-0.1, -0.05) is 34.9 Å². The molecule has 3 aromatic rings. The van der Waals surface area contributed by atoms with Gasteiger partial charge in [-0.05, 0) is 40.6 Å². The van der Waals surface area contributed by atoms with Crippen LogP contribution in [0.4, 0.5) is 5.95 Å². The first-order valence-corrected chi connectivity index (χ1v) is 7.64. The zero-order chi connectivity index (χ0) is 16.8. The number of hydrogen-bond acceptors (Lipinski definition) is 6. The van der Waals surface area contributed by atoms with E-state index in [1.165, 1.54) is 0 Å². The topological polar surface area (TPSA) is 85.0 Å². The molecule has 0 bridgehead atoms. The minimum absolute atomic E-state index is 0.414. The highest BCUT2D eigenvalue weighted by molar-refractivity contribution is 6.30. The smallest absolute Gasteiger partial charge is 0.263 e. The van der Waals surface area contributed by atoms with Crippen molar-refractivity contribution in [1.82, 2.24) is 20.6 Å². The zero-order valence-electron chi connectivity index (χ0n) is 13.0. The van der Waals surface area contributed by atoms with Crippen molar-refractivity contribution in [3.8, 4) is 11.5 Å². The van der Waals surface area contributed by atoms with Crippen LogP contribution in [-0.4, -0.2) is 27.7 Å². The number of rotatable bonds is 7. The molecule has 124 valence electrons. The van der Waals surface area contributed by atoms with E-state index in [4.69, 9.17) is 21.1 Å². The highest BCUT2D eigenvalue weighted by Crippen LogP contribution is 2.29. The number of tetrazole rings is 1. The fourth-order valence-electron chi connectivity index (χ4n) is 2.15. The average Bonchev–Trinajstić information content (AvgIpc) is 3.12. The monoisotopic (exact) mass is 345 g/mol. The summed E-state index contributed by atoms with van der Waals surface area (Å²) in [5, 5.41) is 17.3. The number of aromatic nitrogens is 4. The molecule has 0 spiro atoms. The molecule has 0 aliphatic rings. The number of anilines is 1. The molecule has 0 aliphatic carbocycles. The fourth-order valence-corrected chi connectivity index (χ4v) is 2.36. The third-order valence-corrected chi connectivity index (χ3v) is 3.54. The highest BCUT2D eigenvalue weighted by atomic mass is 35.5. The fraction of sp³-hybridized carbons (Fsp3) is 0.188. The molecule has 0 fully saturated rings. The van der Waals surface area contributed by atoms with E-state index in [0.717, 1.165) is 11.1 Å². The van der Waals surface area contributed by atoms with Gasteiger partial charge in [0.1, 0.15) is 6.61 Å². The number of halogens is 1. The predicted molar refractivity (Wildman–Crippen MR) is 90.3 cm³/mol. The lowest BCUT2D eigenvalue weighted by atomic mass is 10.2. The van der Waals surface area contributed by atoms with Gasteiger partial charge in [0.05, 0.1) is 7.11 Å². The van der Waals surface area contributed by atoms with E-state index in [0.29, 0.717) is 35.6 Å². The standard InChI is InChI=1S/C16H16ClN5O2/c1-23-15-8-11(9-18-16-19-21-22-20-16)5-6-14(15)24-10-12-3-2-4-13(17)7-12/h2-8H,9-10H2,1H3,(H2,18,19,20,21,22). The van der Waals surface area contributed by atoms with Crippen LogP contribution in [0.15, 0.2) is 42.5 Å². The molecule has 0 saturated carbocycles. The zero-order valence-corrected chi connectivity index (χ0v) is 13.7. The van der Waals surface area contributed by atoms with Crippen LogP contribution in [0.5, 0.6) is 11.5 Å². The van der Waals surface area contributed by atoms with Gasteiger partial charge in [-0.2, -0.15) is 5.21 Å². The lowest BCUT2D eigenvalue weighted by Crippen LogP contribution is -2.03. The summed E-state index contributed by atoms with van der Waals surface area (Å²) >= 11 is 5.98. The van der Waals surface area contributed by atoms with E-state index in [9.17, 15) is 0 Å². The number of aromatic amines is 1. The van der Waals surface area contributed by atoms with Crippen molar-refractivity contribution in [2.45, 2.75) is 13.2 Å². The maximum atomic E-state index is 5.98. The Balaban J connectivity index is 1.65. The third kappa shape index (κ3) is 4.14. The molecule has 0 aliphatic heterocycles. The molecule has 8 heteroatoms. The van der Waals surface area contributed by atoms with Crippen molar-refractivity contribution in [2.24, 2.45) is 0 Å². The highest BCUT2D eigenvalue weighted by Gasteiger charge is 2.07. The molecular weight excluding hydrogens is 330 g/mol. The van der Waals surface area contributed by atoms with Gasteiger partial charge in [0.15, 0.2) is 11.5 Å². The number of ether oxygens (including phenoxy) is 2. The van der Waals surface area contributed by atoms with E-state index in [1.807, 2.05) is 42.5 Å². The van der Waals surface area contributed by atoms with Crippen LogP contribution >= 0.6 is 11.6 Å². The Bertz CT molecular complexity index is 795. The normalized spacial score (nSPS) is 10.4. The molecule has 2 N–H and O–H groups in total. The Kier molecular flexibility index (Phi) is 5.12. The van der Waals surface area contributed by atoms with Gasteiger partial charge in [-0.25, -0.2) is 0 Å². The molecule has 0 radical (unpaired) electrons. The van der Waals surface area contributed by atoms with Gasteiger partial charge in [-0.15, -0.1) is 5.10 Å². The number of nitrogens with one attached hydrogen (secondary N) is 2. The maximum absolute atomic E-state index is 5.98. The second-order valence-electron chi connectivity index (χ2n) is 4.99. The first-order valence-electron chi connectivity index (χ1n) is 7.26. The van der Waals surface area contributed by atoms with Crippen LogP contribution in [0.1, 0.15) is 11.1 Å². The number of nitrogens with zero attached hydrogens (tertiary/aromatic N) is 3. The van der Waals surface area contributed by atoms with Crippen molar-refractivity contribution in [3.05, 3.63) is 58.6 Å². The Morgan fingerprint density at radius 3 is 2.79 bits per heavy atom. The second kappa shape index (κ2) is 7.65. The molecule has 7 nitrogen and oxygen atoms in total. The molecular formula is C16H16ClN5O2. The molecule has 2 aromatic carbocycles. The van der Waals surface area contributed by atoms with Crippen molar-refractivity contribution >= 4 is 17.5 Å². The van der Waals surface area contributed by atoms with Crippen LogP contribution in [0, 0.1) is 0 Å². The molecule has 0 amide bonds. The average molecular weight is 346 g/mol. The van der Waals surface area contributed by atoms with Gasteiger partial charge >= 0.3 is 0 Å². The van der Waals surface area contributed by atoms with Gasteiger partial charge in [0, 0.05) is 11.6 Å². The molecule has 1 heterocycles. The second-order valence-corrected chi connectivity index (χ2v) is 5.43. The van der Waals surface area contributed by atoms with Crippen molar-refractivity contribution in [1.29, 1.82) is 0 Å². The lowest BCUT2D eigenvalue weighted by Gasteiger charge is -2.12. The third-order valence-electron chi connectivity index (χ3n) is 3.31. The summed E-state index contributed by atoms with van der Waals surface area (Å²) in [5.41, 5.74) is 2.00. The lowest BCUT2D eigenvalue weighted by molar-refractivity contribution is 0.284. The van der Waals surface area contributed by atoms with Gasteiger partial charge < -0.3 is 14.8 Å². The van der Waals surface area contributed by atoms with Crippen molar-refractivity contribution in [3.63, 3.8) is 0 Å². The number of methoxy groups -OCH3 is 1. The van der Waals surface area contributed by atoms with Crippen LogP contribution in [0.25, 0.3) is 0 Å². The summed E-state index contributed by atoms with van der Waals surface area (Å²) in [6.07, 6.45) is 0. The van der Waals surface area contributed by atoms with Crippen LogP contribution in [-0.2, 0) is 13.2 Å². The molecule has 1 aromatic heterocycles. The van der Waals surface area contributed by atoms with Crippen LogP contribution in [0.3, 0.4) is 0 Å². The van der Waals surface area contributed by atoms with Crippen molar-refractivity contribution in [2.75, 3.05) is 12.4 Å². The van der Waals surface area contributed by atoms with Crippen LogP contribution < -0.4 is 14.8 Å². The summed E-state index contributed by atoms with van der Waals surface area (Å²) in [6, 6.07) is 13.3. The van der Waals surface area contributed by atoms with E-state index in [1.54, 1.807) is 7.11 Å². The Morgan fingerprint density at radius 2 is 2.04 bits per heavy atom. The number of benzene rings is 2. The number of H-pyrrole nitrogens is 1. The minimum Gasteiger partial charge on any atom is -0.493 e. The Hall–Kier alpha value is -2.80. The molecule has 0 unspecified atom stereocenters. The SMILES string of the molecule is COc1cc(CNc2nn[nH]n2)ccc1OCc1cccc(Cl)c1. The summed E-state index contributed by atoms with van der Waals surface area (Å²) in [5.74, 6) is 1.76. The quantitative estimate of drug-likeness (QED) is 0.684. The van der Waals surface area contributed by atoms with E-state index in [2.05, 4.69) is 25.9 Å². The number of hydrogen-bond donors (Lipinski definition) is 2. The summed E-state index contributed by atoms with van der Waals surface area (Å²) in [6.45, 7) is 0.960. The molecule has 0 atom stereocenters. The summed E-state index contributed by atoms with van der Waals surface area (Å²) < 4.78 is 11.2. The van der Waals surface area contributed by atoms with Gasteiger partial charge in [0.25, 0.3) is 5.95 Å². The summed E-state index contributed by atoms with van der Waals surface area (Å²) in [7, 11) is 1.61. The largest absolute Gasteiger partial charge is 0.493 e. The summed E-state index contributed by atoms with van der Waals surface area (Å²) in [4.78, 5) is 0. The van der Waals surface area contributed by atoms with E-state index < -0.39 is 0 Å². The van der Waals surface area contributed by atoms with E-state index in [-0.39, 0.29) is 0 Å².